The van der Waals surface area contributed by atoms with Gasteiger partial charge >= 0.3 is 0 Å². The number of nitrogens with zero attached hydrogens (tertiary/aromatic N) is 1. The zero-order chi connectivity index (χ0) is 18.5. The van der Waals surface area contributed by atoms with Crippen molar-refractivity contribution in [2.24, 2.45) is 5.92 Å². The standard InChI is InChI=1S/C20H28N2O4/c1-3-9-25-17-8-5-15(12-18(17)26-10-4-2)21-20(24)14-11-19(23)22(13-14)16-6-7-16/h5,8,12,14,16H,3-4,6-7,9-11,13H2,1-2H3,(H,21,24)/t14-/m1/s1. The van der Waals surface area contributed by atoms with E-state index in [2.05, 4.69) is 12.2 Å². The summed E-state index contributed by atoms with van der Waals surface area (Å²) in [5, 5.41) is 2.93. The van der Waals surface area contributed by atoms with Crippen molar-refractivity contribution < 1.29 is 19.1 Å². The van der Waals surface area contributed by atoms with Gasteiger partial charge in [-0.1, -0.05) is 13.8 Å². The van der Waals surface area contributed by atoms with Gasteiger partial charge in [-0.25, -0.2) is 0 Å². The first-order valence-electron chi connectivity index (χ1n) is 9.62. The molecule has 1 saturated carbocycles. The van der Waals surface area contributed by atoms with Gasteiger partial charge in [0.15, 0.2) is 11.5 Å². The van der Waals surface area contributed by atoms with Gasteiger partial charge in [0.1, 0.15) is 0 Å². The second-order valence-electron chi connectivity index (χ2n) is 7.03. The van der Waals surface area contributed by atoms with Gasteiger partial charge in [-0.3, -0.25) is 9.59 Å². The number of anilines is 1. The van der Waals surface area contributed by atoms with Crippen LogP contribution in [0.1, 0.15) is 46.0 Å². The number of rotatable bonds is 9. The number of amides is 2. The van der Waals surface area contributed by atoms with E-state index in [4.69, 9.17) is 9.47 Å². The molecular formula is C20H28N2O4. The van der Waals surface area contributed by atoms with Crippen LogP contribution in [0.5, 0.6) is 11.5 Å². The maximum Gasteiger partial charge on any atom is 0.229 e. The van der Waals surface area contributed by atoms with Crippen LogP contribution < -0.4 is 14.8 Å². The quantitative estimate of drug-likeness (QED) is 0.734. The average molecular weight is 360 g/mol. The molecule has 0 unspecified atom stereocenters. The van der Waals surface area contributed by atoms with E-state index in [0.29, 0.717) is 49.4 Å². The van der Waals surface area contributed by atoms with Gasteiger partial charge in [-0.05, 0) is 37.8 Å². The molecule has 6 nitrogen and oxygen atoms in total. The van der Waals surface area contributed by atoms with E-state index in [1.165, 1.54) is 0 Å². The van der Waals surface area contributed by atoms with Gasteiger partial charge in [0, 0.05) is 30.8 Å². The number of carbonyl (C=O) groups is 2. The van der Waals surface area contributed by atoms with E-state index in [1.54, 1.807) is 6.07 Å². The summed E-state index contributed by atoms with van der Waals surface area (Å²) < 4.78 is 11.5. The number of hydrogen-bond donors (Lipinski definition) is 1. The normalized spacial score (nSPS) is 19.5. The topological polar surface area (TPSA) is 67.9 Å². The van der Waals surface area contributed by atoms with Crippen LogP contribution in [0.2, 0.25) is 0 Å². The molecule has 1 saturated heterocycles. The third kappa shape index (κ3) is 4.48. The Labute approximate surface area is 154 Å². The molecule has 0 aromatic heterocycles. The minimum absolute atomic E-state index is 0.0999. The molecule has 142 valence electrons. The lowest BCUT2D eigenvalue weighted by atomic mass is 10.1. The summed E-state index contributed by atoms with van der Waals surface area (Å²) in [6, 6.07) is 5.81. The van der Waals surface area contributed by atoms with Crippen molar-refractivity contribution >= 4 is 17.5 Å². The highest BCUT2D eigenvalue weighted by molar-refractivity contribution is 5.97. The molecule has 0 radical (unpaired) electrons. The molecule has 2 fully saturated rings. The Kier molecular flexibility index (Phi) is 6.01. The van der Waals surface area contributed by atoms with Crippen molar-refractivity contribution in [1.82, 2.24) is 4.90 Å². The third-order valence-corrected chi connectivity index (χ3v) is 4.65. The molecule has 1 aromatic carbocycles. The summed E-state index contributed by atoms with van der Waals surface area (Å²) in [6.45, 7) is 5.84. The Morgan fingerprint density at radius 3 is 2.50 bits per heavy atom. The second-order valence-corrected chi connectivity index (χ2v) is 7.03. The minimum Gasteiger partial charge on any atom is -0.490 e. The second kappa shape index (κ2) is 8.43. The molecule has 1 heterocycles. The van der Waals surface area contributed by atoms with Crippen molar-refractivity contribution in [2.45, 2.75) is 52.0 Å². The molecule has 2 amide bonds. The first-order valence-corrected chi connectivity index (χ1v) is 9.62. The van der Waals surface area contributed by atoms with E-state index in [0.717, 1.165) is 25.7 Å². The Hall–Kier alpha value is -2.24. The molecule has 0 spiro atoms. The summed E-state index contributed by atoms with van der Waals surface area (Å²) in [4.78, 5) is 26.5. The summed E-state index contributed by atoms with van der Waals surface area (Å²) >= 11 is 0. The van der Waals surface area contributed by atoms with Gasteiger partial charge in [0.05, 0.1) is 19.1 Å². The minimum atomic E-state index is -0.279. The lowest BCUT2D eigenvalue weighted by Crippen LogP contribution is -2.29. The van der Waals surface area contributed by atoms with Gasteiger partial charge in [0.25, 0.3) is 0 Å². The summed E-state index contributed by atoms with van der Waals surface area (Å²) in [7, 11) is 0. The van der Waals surface area contributed by atoms with Crippen molar-refractivity contribution in [3.05, 3.63) is 18.2 Å². The Morgan fingerprint density at radius 2 is 1.85 bits per heavy atom. The van der Waals surface area contributed by atoms with Crippen molar-refractivity contribution in [3.8, 4) is 11.5 Å². The van der Waals surface area contributed by atoms with Gasteiger partial charge in [-0.15, -0.1) is 0 Å². The van der Waals surface area contributed by atoms with E-state index >= 15 is 0 Å². The SMILES string of the molecule is CCCOc1ccc(NC(=O)[C@@H]2CC(=O)N(C3CC3)C2)cc1OCCC. The van der Waals surface area contributed by atoms with Crippen LogP contribution in [0, 0.1) is 5.92 Å². The predicted octanol–water partition coefficient (Wildman–Crippen LogP) is 3.21. The molecule has 1 atom stereocenters. The number of hydrogen-bond acceptors (Lipinski definition) is 4. The Morgan fingerprint density at radius 1 is 1.15 bits per heavy atom. The molecule has 1 aliphatic heterocycles. The van der Waals surface area contributed by atoms with Crippen LogP contribution in [-0.4, -0.2) is 42.5 Å². The molecule has 26 heavy (non-hydrogen) atoms. The van der Waals surface area contributed by atoms with Crippen molar-refractivity contribution in [3.63, 3.8) is 0 Å². The number of nitrogens with one attached hydrogen (secondary N) is 1. The van der Waals surface area contributed by atoms with E-state index in [1.807, 2.05) is 24.0 Å². The summed E-state index contributed by atoms with van der Waals surface area (Å²) in [6.07, 6.45) is 4.25. The molecule has 1 aromatic rings. The Balaban J connectivity index is 1.64. The zero-order valence-corrected chi connectivity index (χ0v) is 15.6. The van der Waals surface area contributed by atoms with Gasteiger partial charge in [-0.2, -0.15) is 0 Å². The third-order valence-electron chi connectivity index (χ3n) is 4.65. The summed E-state index contributed by atoms with van der Waals surface area (Å²) in [5.41, 5.74) is 0.669. The van der Waals surface area contributed by atoms with E-state index in [-0.39, 0.29) is 17.7 Å². The molecule has 1 N–H and O–H groups in total. The van der Waals surface area contributed by atoms with Crippen LogP contribution in [0.3, 0.4) is 0 Å². The lowest BCUT2D eigenvalue weighted by Gasteiger charge is -2.16. The van der Waals surface area contributed by atoms with E-state index < -0.39 is 0 Å². The van der Waals surface area contributed by atoms with Crippen LogP contribution in [0.25, 0.3) is 0 Å². The highest BCUT2D eigenvalue weighted by atomic mass is 16.5. The maximum atomic E-state index is 12.6. The molecule has 2 aliphatic rings. The molecule has 0 bridgehead atoms. The first kappa shape index (κ1) is 18.5. The summed E-state index contributed by atoms with van der Waals surface area (Å²) in [5.74, 6) is 1.04. The molecular weight excluding hydrogens is 332 g/mol. The van der Waals surface area contributed by atoms with Crippen molar-refractivity contribution in [1.29, 1.82) is 0 Å². The highest BCUT2D eigenvalue weighted by Crippen LogP contribution is 2.34. The first-order chi connectivity index (χ1) is 12.6. The van der Waals surface area contributed by atoms with E-state index in [9.17, 15) is 9.59 Å². The van der Waals surface area contributed by atoms with Crippen LogP contribution in [0.15, 0.2) is 18.2 Å². The van der Waals surface area contributed by atoms with Crippen molar-refractivity contribution in [2.75, 3.05) is 25.1 Å². The average Bonchev–Trinajstić information content (AvgIpc) is 3.40. The maximum absolute atomic E-state index is 12.6. The fraction of sp³-hybridized carbons (Fsp3) is 0.600. The number of ether oxygens (including phenoxy) is 2. The smallest absolute Gasteiger partial charge is 0.229 e. The highest BCUT2D eigenvalue weighted by Gasteiger charge is 2.41. The fourth-order valence-electron chi connectivity index (χ4n) is 3.13. The predicted molar refractivity (Wildman–Crippen MR) is 99.5 cm³/mol. The van der Waals surface area contributed by atoms with Crippen LogP contribution in [-0.2, 0) is 9.59 Å². The zero-order valence-electron chi connectivity index (χ0n) is 15.6. The molecule has 6 heteroatoms. The van der Waals surface area contributed by atoms with Crippen LogP contribution >= 0.6 is 0 Å². The van der Waals surface area contributed by atoms with Gasteiger partial charge in [0.2, 0.25) is 11.8 Å². The number of benzene rings is 1. The largest absolute Gasteiger partial charge is 0.490 e. The van der Waals surface area contributed by atoms with Crippen LogP contribution in [0.4, 0.5) is 5.69 Å². The molecule has 1 aliphatic carbocycles. The molecule has 3 rings (SSSR count). The lowest BCUT2D eigenvalue weighted by molar-refractivity contribution is -0.128. The Bertz CT molecular complexity index is 657. The monoisotopic (exact) mass is 360 g/mol. The number of carbonyl (C=O) groups excluding carboxylic acids is 2. The number of likely N-dealkylation sites (tertiary alicyclic amines) is 1. The van der Waals surface area contributed by atoms with Gasteiger partial charge < -0.3 is 19.7 Å². The fourth-order valence-corrected chi connectivity index (χ4v) is 3.13.